The maximum Gasteiger partial charge on any atom is 0.225 e. The van der Waals surface area contributed by atoms with E-state index in [9.17, 15) is 4.79 Å². The number of benzene rings is 1. The molecule has 0 radical (unpaired) electrons. The van der Waals surface area contributed by atoms with Crippen LogP contribution in [0.3, 0.4) is 0 Å². The first-order valence-corrected chi connectivity index (χ1v) is 8.97. The maximum atomic E-state index is 12.4. The first-order chi connectivity index (χ1) is 11.3. The van der Waals surface area contributed by atoms with Gasteiger partial charge in [0.2, 0.25) is 5.91 Å². The molecule has 1 saturated carbocycles. The predicted molar refractivity (Wildman–Crippen MR) is 89.1 cm³/mol. The topological polar surface area (TPSA) is 41.6 Å². The van der Waals surface area contributed by atoms with Crippen molar-refractivity contribution in [2.24, 2.45) is 11.8 Å². The summed E-state index contributed by atoms with van der Waals surface area (Å²) in [6.45, 7) is 3.78. The molecule has 23 heavy (non-hydrogen) atoms. The van der Waals surface area contributed by atoms with Gasteiger partial charge in [0.1, 0.15) is 0 Å². The van der Waals surface area contributed by atoms with Crippen LogP contribution in [-0.4, -0.2) is 49.2 Å². The number of morpholine rings is 1. The molecule has 2 heterocycles. The van der Waals surface area contributed by atoms with E-state index >= 15 is 0 Å². The third-order valence-corrected chi connectivity index (χ3v) is 5.39. The first-order valence-electron chi connectivity index (χ1n) is 8.97. The number of ether oxygens (including phenoxy) is 1. The Morgan fingerprint density at radius 3 is 2.83 bits per heavy atom. The van der Waals surface area contributed by atoms with Gasteiger partial charge in [0.05, 0.1) is 18.1 Å². The van der Waals surface area contributed by atoms with Gasteiger partial charge in [0.15, 0.2) is 0 Å². The maximum absolute atomic E-state index is 12.4. The Balaban J connectivity index is 1.28. The van der Waals surface area contributed by atoms with Crippen molar-refractivity contribution in [1.82, 2.24) is 10.2 Å². The molecule has 3 fully saturated rings. The molecule has 2 saturated heterocycles. The van der Waals surface area contributed by atoms with Crippen molar-refractivity contribution in [3.8, 4) is 0 Å². The third kappa shape index (κ3) is 3.75. The van der Waals surface area contributed by atoms with Crippen LogP contribution in [0.5, 0.6) is 0 Å². The van der Waals surface area contributed by atoms with Crippen molar-refractivity contribution in [1.29, 1.82) is 0 Å². The zero-order valence-electron chi connectivity index (χ0n) is 13.6. The van der Waals surface area contributed by atoms with Gasteiger partial charge < -0.3 is 10.1 Å². The lowest BCUT2D eigenvalue weighted by Crippen LogP contribution is -2.46. The fraction of sp³-hybridized carbons (Fsp3) is 0.632. The molecule has 3 aliphatic rings. The first kappa shape index (κ1) is 15.2. The van der Waals surface area contributed by atoms with E-state index in [1.54, 1.807) is 0 Å². The molecule has 1 aromatic carbocycles. The second-order valence-electron chi connectivity index (χ2n) is 7.32. The Kier molecular flexibility index (Phi) is 4.36. The zero-order chi connectivity index (χ0) is 15.6. The molecule has 4 heteroatoms. The van der Waals surface area contributed by atoms with Crippen molar-refractivity contribution in [2.75, 3.05) is 26.2 Å². The average molecular weight is 314 g/mol. The molecule has 0 unspecified atom stereocenters. The van der Waals surface area contributed by atoms with Crippen LogP contribution in [0.15, 0.2) is 30.3 Å². The van der Waals surface area contributed by atoms with Crippen LogP contribution in [0, 0.1) is 11.8 Å². The fourth-order valence-corrected chi connectivity index (χ4v) is 3.83. The molecule has 4 rings (SSSR count). The van der Waals surface area contributed by atoms with Crippen LogP contribution in [0.2, 0.25) is 0 Å². The molecule has 1 amide bonds. The number of carbonyl (C=O) groups excluding carboxylic acids is 1. The molecule has 0 aromatic heterocycles. The second kappa shape index (κ2) is 6.62. The fourth-order valence-electron chi connectivity index (χ4n) is 3.83. The minimum Gasteiger partial charge on any atom is -0.371 e. The molecule has 2 aliphatic heterocycles. The summed E-state index contributed by atoms with van der Waals surface area (Å²) in [5.74, 6) is 1.01. The quantitative estimate of drug-likeness (QED) is 0.871. The summed E-state index contributed by atoms with van der Waals surface area (Å²) in [6.07, 6.45) is 4.84. The van der Waals surface area contributed by atoms with Crippen molar-refractivity contribution in [2.45, 2.75) is 37.9 Å². The summed E-state index contributed by atoms with van der Waals surface area (Å²) in [6, 6.07) is 10.6. The Bertz CT molecular complexity index is 544. The number of nitrogens with one attached hydrogen (secondary N) is 1. The van der Waals surface area contributed by atoms with Gasteiger partial charge in [-0.25, -0.2) is 0 Å². The lowest BCUT2D eigenvalue weighted by molar-refractivity contribution is -0.128. The standard InChI is InChI=1S/C19H26N2O2/c22-19(20-11-15-6-7-15)17-10-16-12-21(13-18(17)23-16)9-8-14-4-2-1-3-5-14/h1-5,15-18H,6-13H2,(H,20,22)/t16-,17-,18+/m0/s1. The van der Waals surface area contributed by atoms with Gasteiger partial charge in [-0.15, -0.1) is 0 Å². The highest BCUT2D eigenvalue weighted by Crippen LogP contribution is 2.33. The number of hydrogen-bond acceptors (Lipinski definition) is 3. The molecular formula is C19H26N2O2. The number of amides is 1. The summed E-state index contributed by atoms with van der Waals surface area (Å²) in [5.41, 5.74) is 1.38. The van der Waals surface area contributed by atoms with Gasteiger partial charge in [-0.1, -0.05) is 30.3 Å². The number of fused-ring (bicyclic) bond motifs is 2. The van der Waals surface area contributed by atoms with Gasteiger partial charge >= 0.3 is 0 Å². The van der Waals surface area contributed by atoms with Crippen LogP contribution >= 0.6 is 0 Å². The highest BCUT2D eigenvalue weighted by molar-refractivity contribution is 5.79. The number of rotatable bonds is 6. The van der Waals surface area contributed by atoms with E-state index in [1.807, 2.05) is 0 Å². The molecule has 124 valence electrons. The van der Waals surface area contributed by atoms with Crippen molar-refractivity contribution in [3.05, 3.63) is 35.9 Å². The molecule has 1 aliphatic carbocycles. The summed E-state index contributed by atoms with van der Waals surface area (Å²) in [5, 5.41) is 3.13. The van der Waals surface area contributed by atoms with E-state index in [0.29, 0.717) is 0 Å². The minimum atomic E-state index is 0.0560. The highest BCUT2D eigenvalue weighted by Gasteiger charge is 2.44. The van der Waals surface area contributed by atoms with Gasteiger partial charge in [0.25, 0.3) is 0 Å². The smallest absolute Gasteiger partial charge is 0.225 e. The summed E-state index contributed by atoms with van der Waals surface area (Å²) >= 11 is 0. The van der Waals surface area contributed by atoms with Crippen LogP contribution in [-0.2, 0) is 16.0 Å². The molecule has 1 N–H and O–H groups in total. The SMILES string of the molecule is O=C(NCC1CC1)[C@H]1C[C@H]2CN(CCc3ccccc3)C[C@H]1O2. The largest absolute Gasteiger partial charge is 0.371 e. The third-order valence-electron chi connectivity index (χ3n) is 5.39. The summed E-state index contributed by atoms with van der Waals surface area (Å²) in [7, 11) is 0. The predicted octanol–water partition coefficient (Wildman–Crippen LogP) is 1.84. The second-order valence-corrected chi connectivity index (χ2v) is 7.32. The lowest BCUT2D eigenvalue weighted by Gasteiger charge is -2.32. The van der Waals surface area contributed by atoms with Crippen LogP contribution in [0.4, 0.5) is 0 Å². The molecular weight excluding hydrogens is 288 g/mol. The van der Waals surface area contributed by atoms with Crippen molar-refractivity contribution >= 4 is 5.91 Å². The van der Waals surface area contributed by atoms with E-state index in [4.69, 9.17) is 4.74 Å². The number of carbonyl (C=O) groups is 1. The van der Waals surface area contributed by atoms with E-state index in [0.717, 1.165) is 44.9 Å². The van der Waals surface area contributed by atoms with Gasteiger partial charge in [-0.05, 0) is 37.2 Å². The van der Waals surface area contributed by atoms with E-state index in [2.05, 4.69) is 40.5 Å². The van der Waals surface area contributed by atoms with Gasteiger partial charge in [-0.3, -0.25) is 9.69 Å². The molecule has 2 bridgehead atoms. The summed E-state index contributed by atoms with van der Waals surface area (Å²) in [4.78, 5) is 14.9. The van der Waals surface area contributed by atoms with E-state index < -0.39 is 0 Å². The van der Waals surface area contributed by atoms with Crippen molar-refractivity contribution in [3.63, 3.8) is 0 Å². The van der Waals surface area contributed by atoms with Gasteiger partial charge in [0, 0.05) is 26.2 Å². The minimum absolute atomic E-state index is 0.0560. The van der Waals surface area contributed by atoms with Crippen LogP contribution in [0.25, 0.3) is 0 Å². The van der Waals surface area contributed by atoms with Crippen molar-refractivity contribution < 1.29 is 9.53 Å². The number of nitrogens with zero attached hydrogens (tertiary/aromatic N) is 1. The molecule has 4 nitrogen and oxygen atoms in total. The highest BCUT2D eigenvalue weighted by atomic mass is 16.5. The Labute approximate surface area is 138 Å². The van der Waals surface area contributed by atoms with E-state index in [1.165, 1.54) is 18.4 Å². The Hall–Kier alpha value is -1.39. The van der Waals surface area contributed by atoms with E-state index in [-0.39, 0.29) is 24.0 Å². The van der Waals surface area contributed by atoms with Crippen LogP contribution < -0.4 is 5.32 Å². The number of likely N-dealkylation sites (tertiary alicyclic amines) is 1. The Morgan fingerprint density at radius 2 is 2.04 bits per heavy atom. The monoisotopic (exact) mass is 314 g/mol. The molecule has 3 atom stereocenters. The van der Waals surface area contributed by atoms with Gasteiger partial charge in [-0.2, -0.15) is 0 Å². The average Bonchev–Trinajstić information content (AvgIpc) is 3.36. The Morgan fingerprint density at radius 1 is 1.22 bits per heavy atom. The normalized spacial score (nSPS) is 30.3. The number of hydrogen-bond donors (Lipinski definition) is 1. The zero-order valence-corrected chi connectivity index (χ0v) is 13.6. The molecule has 1 aromatic rings. The summed E-state index contributed by atoms with van der Waals surface area (Å²) < 4.78 is 6.03. The van der Waals surface area contributed by atoms with Crippen LogP contribution in [0.1, 0.15) is 24.8 Å². The molecule has 0 spiro atoms. The lowest BCUT2D eigenvalue weighted by atomic mass is 9.99.